The van der Waals surface area contributed by atoms with Gasteiger partial charge in [-0.3, -0.25) is 9.69 Å². The SMILES string of the molecule is O=C(c1ccccc1)N1C[C@H]2CCCc3cc(O)ccc3CC3CCC1C2CCN3CC1CC1. The Bertz CT molecular complexity index is 1020. The molecule has 4 bridgehead atoms. The van der Waals surface area contributed by atoms with Crippen molar-refractivity contribution in [2.75, 3.05) is 19.6 Å². The molecule has 4 nitrogen and oxygen atoms in total. The molecule has 180 valence electrons. The van der Waals surface area contributed by atoms with Crippen LogP contribution in [0, 0.1) is 17.8 Å². The fourth-order valence-electron chi connectivity index (χ4n) is 7.15. The second kappa shape index (κ2) is 9.37. The topological polar surface area (TPSA) is 43.8 Å². The molecule has 1 saturated carbocycles. The number of fused-ring (bicyclic) bond motifs is 5. The number of carbonyl (C=O) groups excluding carboxylic acids is 1. The lowest BCUT2D eigenvalue weighted by atomic mass is 9.79. The zero-order chi connectivity index (χ0) is 23.1. The van der Waals surface area contributed by atoms with Crippen LogP contribution in [0.5, 0.6) is 5.75 Å². The fourth-order valence-corrected chi connectivity index (χ4v) is 7.15. The molecule has 7 rings (SSSR count). The second-order valence-corrected chi connectivity index (χ2v) is 11.3. The van der Waals surface area contributed by atoms with Gasteiger partial charge in [-0.15, -0.1) is 0 Å². The maximum Gasteiger partial charge on any atom is 0.254 e. The molecule has 2 aromatic rings. The molecule has 2 aromatic carbocycles. The first-order valence-electron chi connectivity index (χ1n) is 13.6. The van der Waals surface area contributed by atoms with E-state index in [1.807, 2.05) is 42.5 Å². The van der Waals surface area contributed by atoms with Crippen LogP contribution in [-0.2, 0) is 12.8 Å². The van der Waals surface area contributed by atoms with Crippen LogP contribution in [0.25, 0.3) is 0 Å². The molecular formula is C30H38N2O2. The number of hydrogen-bond acceptors (Lipinski definition) is 3. The van der Waals surface area contributed by atoms with Crippen LogP contribution in [0.3, 0.4) is 0 Å². The van der Waals surface area contributed by atoms with Gasteiger partial charge in [0.05, 0.1) is 0 Å². The zero-order valence-corrected chi connectivity index (χ0v) is 20.2. The minimum Gasteiger partial charge on any atom is -0.508 e. The van der Waals surface area contributed by atoms with Crippen molar-refractivity contribution in [3.05, 3.63) is 65.2 Å². The van der Waals surface area contributed by atoms with E-state index < -0.39 is 0 Å². The van der Waals surface area contributed by atoms with Crippen molar-refractivity contribution in [2.45, 2.75) is 69.9 Å². The number of rotatable bonds is 3. The number of nitrogens with zero attached hydrogens (tertiary/aromatic N) is 2. The average molecular weight is 459 g/mol. The molecule has 3 aliphatic heterocycles. The number of hydrogen-bond donors (Lipinski definition) is 1. The van der Waals surface area contributed by atoms with Crippen molar-refractivity contribution in [1.82, 2.24) is 9.80 Å². The Morgan fingerprint density at radius 2 is 1.79 bits per heavy atom. The maximum atomic E-state index is 13.6. The number of benzene rings is 2. The Labute approximate surface area is 204 Å². The smallest absolute Gasteiger partial charge is 0.254 e. The van der Waals surface area contributed by atoms with E-state index in [9.17, 15) is 9.90 Å². The van der Waals surface area contributed by atoms with Gasteiger partial charge in [-0.2, -0.15) is 0 Å². The molecule has 2 saturated heterocycles. The van der Waals surface area contributed by atoms with Gasteiger partial charge < -0.3 is 10.0 Å². The molecule has 1 amide bonds. The highest BCUT2D eigenvalue weighted by atomic mass is 16.3. The summed E-state index contributed by atoms with van der Waals surface area (Å²) in [7, 11) is 0. The van der Waals surface area contributed by atoms with Gasteiger partial charge in [0.15, 0.2) is 0 Å². The molecule has 4 atom stereocenters. The third-order valence-electron chi connectivity index (χ3n) is 9.13. The lowest BCUT2D eigenvalue weighted by Gasteiger charge is -2.40. The van der Waals surface area contributed by atoms with E-state index >= 15 is 0 Å². The van der Waals surface area contributed by atoms with E-state index in [0.29, 0.717) is 29.7 Å². The fraction of sp³-hybridized carbons (Fsp3) is 0.567. The molecule has 34 heavy (non-hydrogen) atoms. The van der Waals surface area contributed by atoms with E-state index in [1.54, 1.807) is 0 Å². The van der Waals surface area contributed by atoms with Gasteiger partial charge in [0, 0.05) is 30.7 Å². The predicted molar refractivity (Wildman–Crippen MR) is 135 cm³/mol. The van der Waals surface area contributed by atoms with E-state index in [-0.39, 0.29) is 5.91 Å². The summed E-state index contributed by atoms with van der Waals surface area (Å²) >= 11 is 0. The Hall–Kier alpha value is -2.33. The maximum absolute atomic E-state index is 13.6. The number of carbonyl (C=O) groups is 1. The van der Waals surface area contributed by atoms with Crippen molar-refractivity contribution >= 4 is 5.91 Å². The lowest BCUT2D eigenvalue weighted by molar-refractivity contribution is 0.0652. The monoisotopic (exact) mass is 458 g/mol. The number of likely N-dealkylation sites (tertiary alicyclic amines) is 1. The summed E-state index contributed by atoms with van der Waals surface area (Å²) in [5, 5.41) is 10.2. The lowest BCUT2D eigenvalue weighted by Crippen LogP contribution is -2.46. The van der Waals surface area contributed by atoms with Gasteiger partial charge in [0.25, 0.3) is 5.91 Å². The third-order valence-corrected chi connectivity index (χ3v) is 9.13. The molecule has 5 aliphatic rings. The summed E-state index contributed by atoms with van der Waals surface area (Å²) in [6.07, 6.45) is 10.7. The molecule has 1 N–H and O–H groups in total. The number of phenolic OH excluding ortho intramolecular Hbond substituents is 1. The molecule has 3 heterocycles. The number of phenols is 1. The summed E-state index contributed by atoms with van der Waals surface area (Å²) in [5.74, 6) is 2.70. The van der Waals surface area contributed by atoms with Gasteiger partial charge in [0.2, 0.25) is 0 Å². The van der Waals surface area contributed by atoms with Gasteiger partial charge >= 0.3 is 0 Å². The number of amides is 1. The predicted octanol–water partition coefficient (Wildman–Crippen LogP) is 5.29. The van der Waals surface area contributed by atoms with E-state index in [2.05, 4.69) is 15.9 Å². The average Bonchev–Trinajstić information content (AvgIpc) is 3.59. The minimum atomic E-state index is 0.230. The summed E-state index contributed by atoms with van der Waals surface area (Å²) in [6, 6.07) is 16.9. The first kappa shape index (κ1) is 22.2. The first-order valence-corrected chi connectivity index (χ1v) is 13.6. The Morgan fingerprint density at radius 3 is 2.62 bits per heavy atom. The normalized spacial score (nSPS) is 29.7. The van der Waals surface area contributed by atoms with E-state index in [0.717, 1.165) is 50.1 Å². The zero-order valence-electron chi connectivity index (χ0n) is 20.2. The highest BCUT2D eigenvalue weighted by molar-refractivity contribution is 5.94. The highest BCUT2D eigenvalue weighted by Gasteiger charge is 2.45. The Balaban J connectivity index is 1.33. The molecule has 0 spiro atoms. The molecule has 0 radical (unpaired) electrons. The summed E-state index contributed by atoms with van der Waals surface area (Å²) < 4.78 is 0. The van der Waals surface area contributed by atoms with Gasteiger partial charge in [-0.25, -0.2) is 0 Å². The largest absolute Gasteiger partial charge is 0.508 e. The first-order chi connectivity index (χ1) is 16.7. The van der Waals surface area contributed by atoms with Crippen LogP contribution >= 0.6 is 0 Å². The summed E-state index contributed by atoms with van der Waals surface area (Å²) in [6.45, 7) is 3.32. The third kappa shape index (κ3) is 4.49. The van der Waals surface area contributed by atoms with E-state index in [1.165, 1.54) is 49.9 Å². The minimum absolute atomic E-state index is 0.230. The van der Waals surface area contributed by atoms with Crippen LogP contribution < -0.4 is 0 Å². The molecule has 0 aromatic heterocycles. The van der Waals surface area contributed by atoms with Gasteiger partial charge in [0.1, 0.15) is 5.75 Å². The van der Waals surface area contributed by atoms with Crippen LogP contribution in [0.15, 0.2) is 48.5 Å². The molecular weight excluding hydrogens is 420 g/mol. The van der Waals surface area contributed by atoms with Crippen molar-refractivity contribution < 1.29 is 9.90 Å². The standard InChI is InChI=1S/C30H38N2O2/c33-27-13-11-24-17-26-12-14-29-28(15-16-31(26)19-21-9-10-21)25(8-4-7-23(24)18-27)20-32(29)30(34)22-5-2-1-3-6-22/h1-3,5-6,11,13,18,21,25-26,28-29,33H,4,7-10,12,14-17,19-20H2/t25-,26?,28?,29?/m1/s1. The molecule has 2 aliphatic carbocycles. The summed E-state index contributed by atoms with van der Waals surface area (Å²) in [5.41, 5.74) is 3.59. The number of aryl methyl sites for hydroxylation is 1. The quantitative estimate of drug-likeness (QED) is 0.679. The van der Waals surface area contributed by atoms with Crippen molar-refractivity contribution in [3.8, 4) is 5.75 Å². The van der Waals surface area contributed by atoms with Crippen LogP contribution in [0.4, 0.5) is 0 Å². The summed E-state index contributed by atoms with van der Waals surface area (Å²) in [4.78, 5) is 18.7. The number of aromatic hydroxyl groups is 1. The Kier molecular flexibility index (Phi) is 6.11. The molecule has 3 fully saturated rings. The van der Waals surface area contributed by atoms with Crippen molar-refractivity contribution in [3.63, 3.8) is 0 Å². The van der Waals surface area contributed by atoms with Gasteiger partial charge in [-0.05, 0) is 117 Å². The van der Waals surface area contributed by atoms with Gasteiger partial charge in [-0.1, -0.05) is 24.3 Å². The highest BCUT2D eigenvalue weighted by Crippen LogP contribution is 2.42. The van der Waals surface area contributed by atoms with Crippen LogP contribution in [0.1, 0.15) is 66.4 Å². The van der Waals surface area contributed by atoms with Crippen LogP contribution in [0.2, 0.25) is 0 Å². The van der Waals surface area contributed by atoms with Crippen molar-refractivity contribution in [2.24, 2.45) is 17.8 Å². The molecule has 4 heteroatoms. The Morgan fingerprint density at radius 1 is 0.941 bits per heavy atom. The molecule has 3 unspecified atom stereocenters. The van der Waals surface area contributed by atoms with Crippen molar-refractivity contribution in [1.29, 1.82) is 0 Å². The second-order valence-electron chi connectivity index (χ2n) is 11.3. The van der Waals surface area contributed by atoms with E-state index in [4.69, 9.17) is 0 Å². The van der Waals surface area contributed by atoms with Crippen LogP contribution in [-0.4, -0.2) is 52.5 Å².